The second-order valence-corrected chi connectivity index (χ2v) is 4.20. The lowest BCUT2D eigenvalue weighted by Gasteiger charge is -2.21. The van der Waals surface area contributed by atoms with Gasteiger partial charge in [-0.1, -0.05) is 6.58 Å². The van der Waals surface area contributed by atoms with Crippen LogP contribution in [-0.2, 0) is 11.3 Å². The van der Waals surface area contributed by atoms with Crippen LogP contribution in [0.4, 0.5) is 0 Å². The van der Waals surface area contributed by atoms with Crippen LogP contribution in [0.3, 0.4) is 0 Å². The zero-order chi connectivity index (χ0) is 12.7. The fraction of sp³-hybridized carbons (Fsp3) is 0.308. The molecule has 0 radical (unpaired) electrons. The largest absolute Gasteiger partial charge is 0.478 e. The van der Waals surface area contributed by atoms with E-state index in [2.05, 4.69) is 6.58 Å². The molecule has 1 aromatic rings. The molecule has 0 saturated carbocycles. The number of hydrogen-bond donors (Lipinski definition) is 1. The van der Waals surface area contributed by atoms with Crippen molar-refractivity contribution in [2.45, 2.75) is 20.4 Å². The highest BCUT2D eigenvalue weighted by Crippen LogP contribution is 2.14. The molecule has 0 atom stereocenters. The number of carbonyl (C=O) groups is 1. The molecule has 1 aliphatic rings. The summed E-state index contributed by atoms with van der Waals surface area (Å²) >= 11 is 0. The van der Waals surface area contributed by atoms with E-state index in [1.807, 2.05) is 37.7 Å². The molecule has 0 spiro atoms. The maximum absolute atomic E-state index is 11.4. The average Bonchev–Trinajstić information content (AvgIpc) is 2.54. The summed E-state index contributed by atoms with van der Waals surface area (Å²) in [6.45, 7) is 8.59. The Morgan fingerprint density at radius 2 is 2.18 bits per heavy atom. The fourth-order valence-electron chi connectivity index (χ4n) is 2.31. The molecular weight excluding hydrogens is 216 g/mol. The summed E-state index contributed by atoms with van der Waals surface area (Å²) in [5.41, 5.74) is 1.88. The monoisotopic (exact) mass is 232 g/mol. The Morgan fingerprint density at radius 3 is 2.71 bits per heavy atom. The minimum absolute atomic E-state index is 0.292. The van der Waals surface area contributed by atoms with E-state index in [1.54, 1.807) is 4.90 Å². The minimum atomic E-state index is -0.927. The third-order valence-electron chi connectivity index (χ3n) is 3.15. The Kier molecular flexibility index (Phi) is 2.58. The van der Waals surface area contributed by atoms with Gasteiger partial charge >= 0.3 is 5.97 Å². The summed E-state index contributed by atoms with van der Waals surface area (Å²) in [5.74, 6) is -0.927. The van der Waals surface area contributed by atoms with E-state index in [9.17, 15) is 9.90 Å². The molecule has 0 bridgehead atoms. The van der Waals surface area contributed by atoms with E-state index >= 15 is 0 Å². The predicted molar refractivity (Wildman–Crippen MR) is 66.5 cm³/mol. The average molecular weight is 232 g/mol. The van der Waals surface area contributed by atoms with E-state index in [-0.39, 0.29) is 0 Å². The maximum atomic E-state index is 11.4. The summed E-state index contributed by atoms with van der Waals surface area (Å²) < 4.78 is 2.01. The van der Waals surface area contributed by atoms with Crippen LogP contribution in [-0.4, -0.2) is 27.6 Å². The Balaban J connectivity index is 2.99. The second kappa shape index (κ2) is 3.80. The van der Waals surface area contributed by atoms with Crippen LogP contribution in [0.25, 0.3) is 11.8 Å². The topological polar surface area (TPSA) is 45.5 Å². The van der Waals surface area contributed by atoms with Gasteiger partial charge in [-0.25, -0.2) is 4.79 Å². The first-order chi connectivity index (χ1) is 7.97. The number of aromatic nitrogens is 1. The molecule has 0 saturated heterocycles. The van der Waals surface area contributed by atoms with Crippen molar-refractivity contribution in [2.75, 3.05) is 7.05 Å². The van der Waals surface area contributed by atoms with E-state index in [1.165, 1.54) is 0 Å². The van der Waals surface area contributed by atoms with E-state index < -0.39 is 5.97 Å². The van der Waals surface area contributed by atoms with Gasteiger partial charge < -0.3 is 14.6 Å². The molecule has 0 fully saturated rings. The van der Waals surface area contributed by atoms with Crippen molar-refractivity contribution < 1.29 is 9.90 Å². The van der Waals surface area contributed by atoms with Gasteiger partial charge in [0, 0.05) is 36.4 Å². The number of aryl methyl sites for hydroxylation is 1. The van der Waals surface area contributed by atoms with Crippen molar-refractivity contribution >= 4 is 17.7 Å². The molecule has 4 heteroatoms. The lowest BCUT2D eigenvalue weighted by atomic mass is 10.1. The van der Waals surface area contributed by atoms with Gasteiger partial charge in [-0.3, -0.25) is 0 Å². The molecule has 4 nitrogen and oxygen atoms in total. The maximum Gasteiger partial charge on any atom is 0.339 e. The Bertz CT molecular complexity index is 623. The first-order valence-corrected chi connectivity index (χ1v) is 5.55. The van der Waals surface area contributed by atoms with E-state index in [0.717, 1.165) is 22.8 Å². The first kappa shape index (κ1) is 11.5. The highest BCUT2D eigenvalue weighted by Gasteiger charge is 2.21. The number of carboxylic acid groups (broad SMARTS) is 1. The Morgan fingerprint density at radius 1 is 1.53 bits per heavy atom. The van der Waals surface area contributed by atoms with Gasteiger partial charge in [0.25, 0.3) is 0 Å². The summed E-state index contributed by atoms with van der Waals surface area (Å²) in [7, 11) is 1.81. The summed E-state index contributed by atoms with van der Waals surface area (Å²) in [6, 6.07) is 2.00. The van der Waals surface area contributed by atoms with Crippen LogP contribution in [0.1, 0.15) is 12.6 Å². The minimum Gasteiger partial charge on any atom is -0.478 e. The fourth-order valence-corrected chi connectivity index (χ4v) is 2.31. The molecule has 1 aliphatic heterocycles. The standard InChI is InChI=1S/C13H16N2O2/c1-5-15-8(2)6-10-7-14(4)9(3)11(12(10)15)13(16)17/h6-7H,3,5H2,1-2,4H3,(H,16,17). The van der Waals surface area contributed by atoms with Gasteiger partial charge in [0.05, 0.1) is 5.35 Å². The Hall–Kier alpha value is -1.97. The molecule has 0 amide bonds. The van der Waals surface area contributed by atoms with Gasteiger partial charge in [0.2, 0.25) is 0 Å². The van der Waals surface area contributed by atoms with Crippen LogP contribution in [0.2, 0.25) is 0 Å². The van der Waals surface area contributed by atoms with Crippen molar-refractivity contribution in [2.24, 2.45) is 0 Å². The van der Waals surface area contributed by atoms with Crippen molar-refractivity contribution in [3.63, 3.8) is 0 Å². The van der Waals surface area contributed by atoms with Crippen molar-refractivity contribution in [3.05, 3.63) is 34.6 Å². The number of nitrogens with zero attached hydrogens (tertiary/aromatic N) is 2. The van der Waals surface area contributed by atoms with Crippen LogP contribution >= 0.6 is 0 Å². The highest BCUT2D eigenvalue weighted by atomic mass is 16.4. The number of fused-ring (bicyclic) bond motifs is 1. The Labute approximate surface area is 99.8 Å². The van der Waals surface area contributed by atoms with Gasteiger partial charge in [-0.05, 0) is 19.9 Å². The molecule has 1 N–H and O–H groups in total. The third kappa shape index (κ3) is 1.56. The quantitative estimate of drug-likeness (QED) is 0.795. The SMILES string of the molecule is C=C1C(C(=O)O)=c2c(cc(C)n2CC)=CN1C. The number of aliphatic carboxylic acids is 1. The molecule has 0 unspecified atom stereocenters. The molecule has 0 aromatic carbocycles. The van der Waals surface area contributed by atoms with Crippen molar-refractivity contribution in [1.82, 2.24) is 9.47 Å². The lowest BCUT2D eigenvalue weighted by molar-refractivity contribution is -0.130. The molecule has 2 heterocycles. The third-order valence-corrected chi connectivity index (χ3v) is 3.15. The molecular formula is C13H16N2O2. The van der Waals surface area contributed by atoms with Crippen LogP contribution in [0.5, 0.6) is 0 Å². The van der Waals surface area contributed by atoms with Gasteiger partial charge in [0.15, 0.2) is 0 Å². The number of hydrogen-bond acceptors (Lipinski definition) is 2. The van der Waals surface area contributed by atoms with Gasteiger partial charge in [-0.15, -0.1) is 0 Å². The second-order valence-electron chi connectivity index (χ2n) is 4.20. The number of rotatable bonds is 2. The van der Waals surface area contributed by atoms with E-state index in [4.69, 9.17) is 0 Å². The smallest absolute Gasteiger partial charge is 0.339 e. The summed E-state index contributed by atoms with van der Waals surface area (Å²) in [4.78, 5) is 13.2. The lowest BCUT2D eigenvalue weighted by Crippen LogP contribution is -2.40. The number of carboxylic acids is 1. The highest BCUT2D eigenvalue weighted by molar-refractivity contribution is 6.14. The van der Waals surface area contributed by atoms with Gasteiger partial charge in [0.1, 0.15) is 5.57 Å². The zero-order valence-electron chi connectivity index (χ0n) is 10.3. The normalized spacial score (nSPS) is 14.6. The zero-order valence-corrected chi connectivity index (χ0v) is 10.3. The van der Waals surface area contributed by atoms with Crippen LogP contribution in [0.15, 0.2) is 18.3 Å². The van der Waals surface area contributed by atoms with Crippen molar-refractivity contribution in [3.8, 4) is 0 Å². The molecule has 17 heavy (non-hydrogen) atoms. The van der Waals surface area contributed by atoms with Crippen molar-refractivity contribution in [1.29, 1.82) is 0 Å². The summed E-state index contributed by atoms with van der Waals surface area (Å²) in [5, 5.41) is 11.1. The van der Waals surface area contributed by atoms with Crippen LogP contribution < -0.4 is 10.6 Å². The van der Waals surface area contributed by atoms with Crippen LogP contribution in [0, 0.1) is 6.92 Å². The molecule has 1 aromatic heterocycles. The molecule has 0 aliphatic carbocycles. The molecule has 2 rings (SSSR count). The van der Waals surface area contributed by atoms with E-state index in [0.29, 0.717) is 11.3 Å². The molecule has 90 valence electrons. The predicted octanol–water partition coefficient (Wildman–Crippen LogP) is 0.249. The van der Waals surface area contributed by atoms with Gasteiger partial charge in [-0.2, -0.15) is 0 Å². The first-order valence-electron chi connectivity index (χ1n) is 5.55. The summed E-state index contributed by atoms with van der Waals surface area (Å²) in [6.07, 6.45) is 1.92.